The summed E-state index contributed by atoms with van der Waals surface area (Å²) in [5.74, 6) is 0. The van der Waals surface area contributed by atoms with Gasteiger partial charge in [0.15, 0.2) is 0 Å². The average molecular weight is 250 g/mol. The van der Waals surface area contributed by atoms with Crippen molar-refractivity contribution in [3.05, 3.63) is 30.3 Å². The first-order valence-corrected chi connectivity index (χ1v) is 5.63. The van der Waals surface area contributed by atoms with E-state index in [9.17, 15) is 13.2 Å². The van der Waals surface area contributed by atoms with E-state index in [0.29, 0.717) is 16.7 Å². The first-order valence-electron chi connectivity index (χ1n) is 4.81. The van der Waals surface area contributed by atoms with Crippen LogP contribution in [0.25, 0.3) is 0 Å². The molecule has 0 spiro atoms. The number of methoxy groups -OCH3 is 1. The Balaban J connectivity index is 2.96. The van der Waals surface area contributed by atoms with Gasteiger partial charge in [-0.2, -0.15) is 13.2 Å². The van der Waals surface area contributed by atoms with Gasteiger partial charge in [0.2, 0.25) is 4.93 Å². The molecular weight excluding hydrogens is 237 g/mol. The van der Waals surface area contributed by atoms with Gasteiger partial charge < -0.3 is 4.74 Å². The summed E-state index contributed by atoms with van der Waals surface area (Å²) in [6.45, 7) is 1.47. The maximum Gasteiger partial charge on any atom is 0.427 e. The molecule has 0 saturated carbocycles. The Morgan fingerprint density at radius 1 is 1.19 bits per heavy atom. The summed E-state index contributed by atoms with van der Waals surface area (Å²) < 4.78 is 43.4. The van der Waals surface area contributed by atoms with Crippen LogP contribution >= 0.6 is 11.8 Å². The molecule has 1 nitrogen and oxygen atoms in total. The van der Waals surface area contributed by atoms with Crippen LogP contribution in [0.3, 0.4) is 0 Å². The van der Waals surface area contributed by atoms with Crippen molar-refractivity contribution in [3.8, 4) is 0 Å². The zero-order chi connectivity index (χ0) is 12.2. The van der Waals surface area contributed by atoms with Crippen molar-refractivity contribution in [1.29, 1.82) is 0 Å². The largest absolute Gasteiger partial charge is 0.427 e. The van der Waals surface area contributed by atoms with Gasteiger partial charge in [0.1, 0.15) is 0 Å². The molecule has 90 valence electrons. The molecule has 0 N–H and O–H groups in total. The normalized spacial score (nSPS) is 15.8. The second kappa shape index (κ2) is 5.10. The molecule has 1 unspecified atom stereocenters. The average Bonchev–Trinajstić information content (AvgIpc) is 2.25. The van der Waals surface area contributed by atoms with Crippen LogP contribution in [-0.4, -0.2) is 18.2 Å². The molecule has 0 radical (unpaired) electrons. The fourth-order valence-electron chi connectivity index (χ4n) is 1.31. The number of benzene rings is 1. The number of ether oxygens (including phenoxy) is 1. The smallest absolute Gasteiger partial charge is 0.358 e. The minimum absolute atomic E-state index is 0.132. The van der Waals surface area contributed by atoms with Crippen molar-refractivity contribution in [1.82, 2.24) is 0 Å². The molecule has 1 aromatic carbocycles. The lowest BCUT2D eigenvalue weighted by molar-refractivity contribution is -0.230. The molecular formula is C11H13F3OS. The molecule has 0 aliphatic carbocycles. The van der Waals surface area contributed by atoms with Crippen molar-refractivity contribution in [2.75, 3.05) is 7.11 Å². The molecule has 0 amide bonds. The number of hydrogen-bond acceptors (Lipinski definition) is 2. The summed E-state index contributed by atoms with van der Waals surface area (Å²) in [6.07, 6.45) is -4.52. The monoisotopic (exact) mass is 250 g/mol. The van der Waals surface area contributed by atoms with Crippen molar-refractivity contribution < 1.29 is 17.9 Å². The van der Waals surface area contributed by atoms with E-state index in [0.717, 1.165) is 7.11 Å². The molecule has 5 heteroatoms. The second-order valence-corrected chi connectivity index (χ2v) is 4.56. The van der Waals surface area contributed by atoms with E-state index in [1.165, 1.54) is 6.92 Å². The van der Waals surface area contributed by atoms with Crippen LogP contribution in [0, 0.1) is 0 Å². The lowest BCUT2D eigenvalue weighted by Gasteiger charge is -2.32. The van der Waals surface area contributed by atoms with E-state index in [4.69, 9.17) is 4.74 Å². The third-order valence-corrected chi connectivity index (χ3v) is 3.78. The Hall–Kier alpha value is -0.680. The van der Waals surface area contributed by atoms with E-state index in [1.807, 2.05) is 0 Å². The van der Waals surface area contributed by atoms with Gasteiger partial charge in [0.05, 0.1) is 0 Å². The number of thioether (sulfide) groups is 1. The van der Waals surface area contributed by atoms with Crippen LogP contribution in [0.1, 0.15) is 13.3 Å². The number of hydrogen-bond donors (Lipinski definition) is 0. The minimum atomic E-state index is -4.39. The van der Waals surface area contributed by atoms with Gasteiger partial charge in [-0.1, -0.05) is 36.9 Å². The van der Waals surface area contributed by atoms with Crippen molar-refractivity contribution in [2.45, 2.75) is 29.3 Å². The highest BCUT2D eigenvalue weighted by Crippen LogP contribution is 2.47. The van der Waals surface area contributed by atoms with Gasteiger partial charge >= 0.3 is 6.18 Å². The van der Waals surface area contributed by atoms with Crippen LogP contribution in [0.4, 0.5) is 13.2 Å². The Morgan fingerprint density at radius 3 is 2.12 bits per heavy atom. The van der Waals surface area contributed by atoms with Gasteiger partial charge in [-0.25, -0.2) is 0 Å². The van der Waals surface area contributed by atoms with Crippen LogP contribution < -0.4 is 0 Å². The Morgan fingerprint density at radius 2 is 1.75 bits per heavy atom. The predicted molar refractivity (Wildman–Crippen MR) is 58.4 cm³/mol. The molecule has 0 bridgehead atoms. The van der Waals surface area contributed by atoms with Crippen LogP contribution in [0.15, 0.2) is 35.2 Å². The maximum atomic E-state index is 12.9. The van der Waals surface area contributed by atoms with E-state index < -0.39 is 11.1 Å². The SMILES string of the molecule is CCC(OC)(Sc1ccccc1)C(F)(F)F. The van der Waals surface area contributed by atoms with Gasteiger partial charge in [0, 0.05) is 12.0 Å². The molecule has 16 heavy (non-hydrogen) atoms. The molecule has 0 aliphatic heterocycles. The third-order valence-electron chi connectivity index (χ3n) is 2.25. The number of rotatable bonds is 4. The molecule has 0 aromatic heterocycles. The highest BCUT2D eigenvalue weighted by molar-refractivity contribution is 8.00. The quantitative estimate of drug-likeness (QED) is 0.588. The summed E-state index contributed by atoms with van der Waals surface area (Å²) >= 11 is 0.696. The lowest BCUT2D eigenvalue weighted by atomic mass is 10.2. The predicted octanol–water partition coefficient (Wildman–Crippen LogP) is 4.09. The van der Waals surface area contributed by atoms with E-state index in [-0.39, 0.29) is 6.42 Å². The highest BCUT2D eigenvalue weighted by atomic mass is 32.2. The summed E-state index contributed by atoms with van der Waals surface area (Å²) in [5.41, 5.74) is 0. The molecule has 0 heterocycles. The van der Waals surface area contributed by atoms with Gasteiger partial charge in [0.25, 0.3) is 0 Å². The van der Waals surface area contributed by atoms with Crippen LogP contribution in [0.2, 0.25) is 0 Å². The molecule has 1 rings (SSSR count). The summed E-state index contributed by atoms with van der Waals surface area (Å²) in [6, 6.07) is 8.45. The zero-order valence-electron chi connectivity index (χ0n) is 9.04. The molecule has 1 aromatic rings. The van der Waals surface area contributed by atoms with Crippen molar-refractivity contribution >= 4 is 11.8 Å². The molecule has 1 atom stereocenters. The second-order valence-electron chi connectivity index (χ2n) is 3.22. The van der Waals surface area contributed by atoms with E-state index >= 15 is 0 Å². The van der Waals surface area contributed by atoms with Crippen molar-refractivity contribution in [2.24, 2.45) is 0 Å². The third kappa shape index (κ3) is 2.71. The summed E-state index contributed by atoms with van der Waals surface area (Å²) in [7, 11) is 1.09. The van der Waals surface area contributed by atoms with E-state index in [1.54, 1.807) is 30.3 Å². The highest BCUT2D eigenvalue weighted by Gasteiger charge is 2.55. The number of halogens is 3. The zero-order valence-corrected chi connectivity index (χ0v) is 9.86. The molecule has 0 aliphatic rings. The standard InChI is InChI=1S/C11H13F3OS/c1-3-10(15-2,11(12,13)14)16-9-7-5-4-6-8-9/h4-8H,3H2,1-2H3. The fraction of sp³-hybridized carbons (Fsp3) is 0.455. The summed E-state index contributed by atoms with van der Waals surface area (Å²) in [4.78, 5) is -1.61. The number of alkyl halides is 3. The van der Waals surface area contributed by atoms with Gasteiger partial charge in [-0.05, 0) is 18.6 Å². The first kappa shape index (κ1) is 13.4. The minimum Gasteiger partial charge on any atom is -0.358 e. The van der Waals surface area contributed by atoms with Gasteiger partial charge in [-0.3, -0.25) is 0 Å². The molecule has 0 saturated heterocycles. The van der Waals surface area contributed by atoms with Crippen LogP contribution in [0.5, 0.6) is 0 Å². The van der Waals surface area contributed by atoms with Gasteiger partial charge in [-0.15, -0.1) is 0 Å². The van der Waals surface area contributed by atoms with E-state index in [2.05, 4.69) is 0 Å². The topological polar surface area (TPSA) is 9.23 Å². The lowest BCUT2D eigenvalue weighted by Crippen LogP contribution is -2.43. The Kier molecular flexibility index (Phi) is 4.27. The Bertz CT molecular complexity index is 320. The van der Waals surface area contributed by atoms with Crippen LogP contribution in [-0.2, 0) is 4.74 Å². The first-order chi connectivity index (χ1) is 7.45. The molecule has 0 fully saturated rings. The maximum absolute atomic E-state index is 12.9. The Labute approximate surface area is 97.0 Å². The summed E-state index contributed by atoms with van der Waals surface area (Å²) in [5, 5.41) is 0. The van der Waals surface area contributed by atoms with Crippen molar-refractivity contribution in [3.63, 3.8) is 0 Å². The fourth-order valence-corrected chi connectivity index (χ4v) is 2.33.